The average Bonchev–Trinajstić information content (AvgIpc) is 2.63. The van der Waals surface area contributed by atoms with Crippen LogP contribution in [0.5, 0.6) is 0 Å². The van der Waals surface area contributed by atoms with Gasteiger partial charge in [0.1, 0.15) is 6.54 Å². The third-order valence-corrected chi connectivity index (χ3v) is 4.13. The molecular weight excluding hydrogens is 372 g/mol. The molecule has 7 nitrogen and oxygen atoms in total. The van der Waals surface area contributed by atoms with Crippen LogP contribution in [0.2, 0.25) is 5.02 Å². The van der Waals surface area contributed by atoms with E-state index in [0.29, 0.717) is 21.8 Å². The van der Waals surface area contributed by atoms with E-state index in [1.54, 1.807) is 48.5 Å². The summed E-state index contributed by atoms with van der Waals surface area (Å²) in [6.45, 7) is -1.09. The molecule has 0 bridgehead atoms. The summed E-state index contributed by atoms with van der Waals surface area (Å²) in [5.41, 5.74) is 1.46. The lowest BCUT2D eigenvalue weighted by Crippen LogP contribution is -2.45. The van der Waals surface area contributed by atoms with E-state index in [0.717, 1.165) is 4.90 Å². The van der Waals surface area contributed by atoms with Crippen LogP contribution in [0.1, 0.15) is 15.9 Å². The Morgan fingerprint density at radius 1 is 1.11 bits per heavy atom. The Morgan fingerprint density at radius 2 is 1.89 bits per heavy atom. The zero-order valence-electron chi connectivity index (χ0n) is 14.1. The molecule has 1 heterocycles. The fourth-order valence-electron chi connectivity index (χ4n) is 2.64. The summed E-state index contributed by atoms with van der Waals surface area (Å²) in [5.74, 6) is -2.45. The number of imide groups is 1. The van der Waals surface area contributed by atoms with Gasteiger partial charge in [-0.1, -0.05) is 35.9 Å². The van der Waals surface area contributed by atoms with Crippen molar-refractivity contribution >= 4 is 41.0 Å². The molecule has 1 aliphatic heterocycles. The third-order valence-electron chi connectivity index (χ3n) is 3.90. The van der Waals surface area contributed by atoms with E-state index < -0.39 is 36.8 Å². The Kier molecular flexibility index (Phi) is 5.52. The van der Waals surface area contributed by atoms with Gasteiger partial charge in [-0.25, -0.2) is 0 Å². The molecule has 1 N–H and O–H groups in total. The average molecular weight is 387 g/mol. The number of nitrogens with one attached hydrogen (secondary N) is 1. The Bertz CT molecular complexity index is 928. The van der Waals surface area contributed by atoms with E-state index in [1.165, 1.54) is 0 Å². The first-order chi connectivity index (χ1) is 12.9. The molecular formula is C19H15ClN2O5. The minimum Gasteiger partial charge on any atom is -0.454 e. The molecule has 0 spiro atoms. The number of carbonyl (C=O) groups excluding carboxylic acids is 4. The maximum Gasteiger partial charge on any atom is 0.326 e. The summed E-state index contributed by atoms with van der Waals surface area (Å²) < 4.78 is 4.86. The predicted molar refractivity (Wildman–Crippen MR) is 97.2 cm³/mol. The fourth-order valence-corrected chi connectivity index (χ4v) is 2.83. The highest BCUT2D eigenvalue weighted by Crippen LogP contribution is 2.19. The minimum atomic E-state index is -0.850. The first-order valence-corrected chi connectivity index (χ1v) is 8.45. The number of hydrogen-bond acceptors (Lipinski definition) is 5. The van der Waals surface area contributed by atoms with Crippen molar-refractivity contribution in [1.29, 1.82) is 0 Å². The number of nitrogens with zero attached hydrogens (tertiary/aromatic N) is 1. The van der Waals surface area contributed by atoms with Crippen LogP contribution < -0.4 is 5.32 Å². The number of ether oxygens (including phenoxy) is 1. The van der Waals surface area contributed by atoms with Crippen LogP contribution in [-0.2, 0) is 25.5 Å². The lowest BCUT2D eigenvalue weighted by Gasteiger charge is -2.25. The van der Waals surface area contributed by atoms with E-state index in [9.17, 15) is 19.2 Å². The van der Waals surface area contributed by atoms with Crippen LogP contribution in [0, 0.1) is 0 Å². The van der Waals surface area contributed by atoms with Crippen molar-refractivity contribution in [3.05, 3.63) is 64.7 Å². The molecule has 0 unspecified atom stereocenters. The number of anilines is 1. The molecule has 0 radical (unpaired) electrons. The molecule has 0 saturated heterocycles. The SMILES string of the molecule is O=C(COC(=O)CN1C(=O)Cc2ccccc2C1=O)Nc1cccc(Cl)c1. The number of halogens is 1. The fraction of sp³-hybridized carbons (Fsp3) is 0.158. The van der Waals surface area contributed by atoms with Gasteiger partial charge in [-0.3, -0.25) is 24.1 Å². The summed E-state index contributed by atoms with van der Waals surface area (Å²) >= 11 is 5.82. The van der Waals surface area contributed by atoms with Crippen LogP contribution in [0.3, 0.4) is 0 Å². The van der Waals surface area contributed by atoms with Gasteiger partial charge in [0.2, 0.25) is 5.91 Å². The van der Waals surface area contributed by atoms with Crippen molar-refractivity contribution in [1.82, 2.24) is 4.90 Å². The molecule has 2 aromatic carbocycles. The quantitative estimate of drug-likeness (QED) is 0.627. The molecule has 3 amide bonds. The second-order valence-corrected chi connectivity index (χ2v) is 6.27. The molecule has 0 atom stereocenters. The van der Waals surface area contributed by atoms with Gasteiger partial charge in [-0.2, -0.15) is 0 Å². The van der Waals surface area contributed by atoms with Gasteiger partial charge in [-0.15, -0.1) is 0 Å². The highest BCUT2D eigenvalue weighted by Gasteiger charge is 2.32. The van der Waals surface area contributed by atoms with Gasteiger partial charge in [0.25, 0.3) is 11.8 Å². The third kappa shape index (κ3) is 4.51. The topological polar surface area (TPSA) is 92.8 Å². The lowest BCUT2D eigenvalue weighted by molar-refractivity contribution is -0.150. The second kappa shape index (κ2) is 8.01. The molecule has 0 fully saturated rings. The normalized spacial score (nSPS) is 13.1. The zero-order chi connectivity index (χ0) is 19.4. The Labute approximate surface area is 159 Å². The van der Waals surface area contributed by atoms with Crippen molar-refractivity contribution in [2.75, 3.05) is 18.5 Å². The van der Waals surface area contributed by atoms with Gasteiger partial charge in [0.05, 0.1) is 6.42 Å². The van der Waals surface area contributed by atoms with Crippen molar-refractivity contribution in [2.24, 2.45) is 0 Å². The molecule has 8 heteroatoms. The van der Waals surface area contributed by atoms with Gasteiger partial charge in [-0.05, 0) is 29.8 Å². The second-order valence-electron chi connectivity index (χ2n) is 5.84. The van der Waals surface area contributed by atoms with Gasteiger partial charge in [0, 0.05) is 16.3 Å². The lowest BCUT2D eigenvalue weighted by atomic mass is 9.98. The number of carbonyl (C=O) groups is 4. The number of amides is 3. The van der Waals surface area contributed by atoms with Crippen LogP contribution >= 0.6 is 11.6 Å². The Hall–Kier alpha value is -3.19. The molecule has 138 valence electrons. The van der Waals surface area contributed by atoms with E-state index in [4.69, 9.17) is 16.3 Å². The van der Waals surface area contributed by atoms with Crippen LogP contribution in [0.15, 0.2) is 48.5 Å². The monoisotopic (exact) mass is 386 g/mol. The van der Waals surface area contributed by atoms with Crippen molar-refractivity contribution in [3.8, 4) is 0 Å². The van der Waals surface area contributed by atoms with E-state index in [-0.39, 0.29) is 6.42 Å². The van der Waals surface area contributed by atoms with Gasteiger partial charge < -0.3 is 10.1 Å². The highest BCUT2D eigenvalue weighted by atomic mass is 35.5. The summed E-state index contributed by atoms with van der Waals surface area (Å²) in [6, 6.07) is 13.2. The highest BCUT2D eigenvalue weighted by molar-refractivity contribution is 6.30. The van der Waals surface area contributed by atoms with Crippen LogP contribution in [0.25, 0.3) is 0 Å². The van der Waals surface area contributed by atoms with Crippen molar-refractivity contribution < 1.29 is 23.9 Å². The molecule has 1 aliphatic rings. The number of rotatable bonds is 5. The molecule has 3 rings (SSSR count). The van der Waals surface area contributed by atoms with E-state index in [2.05, 4.69) is 5.32 Å². The number of fused-ring (bicyclic) bond motifs is 1. The summed E-state index contributed by atoms with van der Waals surface area (Å²) in [5, 5.41) is 2.98. The number of hydrogen-bond donors (Lipinski definition) is 1. The maximum absolute atomic E-state index is 12.4. The summed E-state index contributed by atoms with van der Waals surface area (Å²) in [7, 11) is 0. The Balaban J connectivity index is 1.54. The standard InChI is InChI=1S/C19H15ClN2O5/c20-13-5-3-6-14(9-13)21-16(23)11-27-18(25)10-22-17(24)8-12-4-1-2-7-15(12)19(22)26/h1-7,9H,8,10-11H2,(H,21,23). The molecule has 0 aliphatic carbocycles. The molecule has 2 aromatic rings. The number of esters is 1. The summed E-state index contributed by atoms with van der Waals surface area (Å²) in [4.78, 5) is 49.1. The van der Waals surface area contributed by atoms with Gasteiger partial charge >= 0.3 is 5.97 Å². The molecule has 0 saturated carbocycles. The largest absolute Gasteiger partial charge is 0.454 e. The van der Waals surface area contributed by atoms with Crippen LogP contribution in [-0.4, -0.2) is 41.7 Å². The first kappa shape index (κ1) is 18.6. The predicted octanol–water partition coefficient (Wildman–Crippen LogP) is 2.05. The molecule has 27 heavy (non-hydrogen) atoms. The smallest absolute Gasteiger partial charge is 0.326 e. The van der Waals surface area contributed by atoms with Crippen molar-refractivity contribution in [2.45, 2.75) is 6.42 Å². The Morgan fingerprint density at radius 3 is 2.67 bits per heavy atom. The molecule has 0 aromatic heterocycles. The first-order valence-electron chi connectivity index (χ1n) is 8.07. The summed E-state index contributed by atoms with van der Waals surface area (Å²) in [6.07, 6.45) is 0.0322. The number of benzene rings is 2. The van der Waals surface area contributed by atoms with E-state index >= 15 is 0 Å². The van der Waals surface area contributed by atoms with Crippen molar-refractivity contribution in [3.63, 3.8) is 0 Å². The minimum absolute atomic E-state index is 0.0322. The van der Waals surface area contributed by atoms with E-state index in [1.807, 2.05) is 0 Å². The van der Waals surface area contributed by atoms with Gasteiger partial charge in [0.15, 0.2) is 6.61 Å². The van der Waals surface area contributed by atoms with Crippen LogP contribution in [0.4, 0.5) is 5.69 Å². The maximum atomic E-state index is 12.4. The zero-order valence-corrected chi connectivity index (χ0v) is 14.9.